The van der Waals surface area contributed by atoms with Crippen LogP contribution in [0.4, 0.5) is 5.69 Å². The Kier molecular flexibility index (Phi) is 6.03. The van der Waals surface area contributed by atoms with E-state index in [1.54, 1.807) is 18.2 Å². The van der Waals surface area contributed by atoms with Gasteiger partial charge in [-0.25, -0.2) is 8.42 Å². The highest BCUT2D eigenvalue weighted by Crippen LogP contribution is 2.24. The highest BCUT2D eigenvalue weighted by molar-refractivity contribution is 9.10. The number of benzene rings is 1. The van der Waals surface area contributed by atoms with Crippen LogP contribution < -0.4 is 9.62 Å². The van der Waals surface area contributed by atoms with Crippen LogP contribution in [0, 0.1) is 6.92 Å². The average Bonchev–Trinajstić information content (AvgIpc) is 2.29. The number of carbonyl (C=O) groups is 1. The van der Waals surface area contributed by atoms with E-state index in [0.29, 0.717) is 5.69 Å². The Morgan fingerprint density at radius 2 is 1.91 bits per heavy atom. The van der Waals surface area contributed by atoms with Crippen LogP contribution in [0.1, 0.15) is 32.8 Å². The van der Waals surface area contributed by atoms with Crippen LogP contribution in [0.25, 0.3) is 0 Å². The normalized spacial score (nSPS) is 12.1. The van der Waals surface area contributed by atoms with Gasteiger partial charge in [-0.3, -0.25) is 9.10 Å². The summed E-state index contributed by atoms with van der Waals surface area (Å²) in [6, 6.07) is 5.31. The van der Waals surface area contributed by atoms with Gasteiger partial charge in [0.05, 0.1) is 11.9 Å². The zero-order chi connectivity index (χ0) is 17.1. The van der Waals surface area contributed by atoms with E-state index in [-0.39, 0.29) is 24.4 Å². The van der Waals surface area contributed by atoms with Crippen molar-refractivity contribution in [2.24, 2.45) is 0 Å². The third-order valence-corrected chi connectivity index (χ3v) is 4.97. The molecule has 1 aromatic rings. The lowest BCUT2D eigenvalue weighted by Gasteiger charge is -2.25. The summed E-state index contributed by atoms with van der Waals surface area (Å²) in [6.45, 7) is 7.66. The molecule has 0 saturated heterocycles. The zero-order valence-corrected chi connectivity index (χ0v) is 16.0. The fourth-order valence-corrected chi connectivity index (χ4v) is 3.12. The molecule has 0 aliphatic carbocycles. The largest absolute Gasteiger partial charge is 0.351 e. The molecule has 1 aromatic carbocycles. The smallest absolute Gasteiger partial charge is 0.232 e. The zero-order valence-electron chi connectivity index (χ0n) is 13.6. The molecule has 7 heteroatoms. The second-order valence-corrected chi connectivity index (χ2v) is 9.08. The molecule has 0 spiro atoms. The fourth-order valence-electron chi connectivity index (χ4n) is 1.95. The topological polar surface area (TPSA) is 66.5 Å². The van der Waals surface area contributed by atoms with E-state index >= 15 is 0 Å². The van der Waals surface area contributed by atoms with Crippen LogP contribution in [0.5, 0.6) is 0 Å². The number of nitrogens with one attached hydrogen (secondary N) is 1. The molecule has 0 unspecified atom stereocenters. The van der Waals surface area contributed by atoms with Gasteiger partial charge in [-0.1, -0.05) is 15.9 Å². The highest BCUT2D eigenvalue weighted by atomic mass is 79.9. The quantitative estimate of drug-likeness (QED) is 0.840. The summed E-state index contributed by atoms with van der Waals surface area (Å²) in [7, 11) is -3.45. The monoisotopic (exact) mass is 390 g/mol. The summed E-state index contributed by atoms with van der Waals surface area (Å²) in [5, 5.41) is 2.83. The van der Waals surface area contributed by atoms with Crippen molar-refractivity contribution in [1.82, 2.24) is 5.32 Å². The summed E-state index contributed by atoms with van der Waals surface area (Å²) in [5.74, 6) is -0.171. The number of carbonyl (C=O) groups excluding carboxylic acids is 1. The molecule has 0 aliphatic rings. The van der Waals surface area contributed by atoms with Crippen molar-refractivity contribution in [2.75, 3.05) is 17.1 Å². The van der Waals surface area contributed by atoms with Crippen LogP contribution in [0.3, 0.4) is 0 Å². The average molecular weight is 391 g/mol. The summed E-state index contributed by atoms with van der Waals surface area (Å²) in [4.78, 5) is 11.9. The molecule has 0 fully saturated rings. The van der Waals surface area contributed by atoms with E-state index in [0.717, 1.165) is 16.3 Å². The van der Waals surface area contributed by atoms with E-state index in [1.807, 2.05) is 27.7 Å². The lowest BCUT2D eigenvalue weighted by atomic mass is 10.1. The number of halogens is 1. The van der Waals surface area contributed by atoms with Gasteiger partial charge >= 0.3 is 0 Å². The van der Waals surface area contributed by atoms with Crippen LogP contribution in [0.2, 0.25) is 0 Å². The van der Waals surface area contributed by atoms with Gasteiger partial charge in [0.15, 0.2) is 0 Å². The van der Waals surface area contributed by atoms with Gasteiger partial charge in [0.25, 0.3) is 0 Å². The van der Waals surface area contributed by atoms with E-state index < -0.39 is 10.0 Å². The lowest BCUT2D eigenvalue weighted by molar-refractivity contribution is -0.122. The fraction of sp³-hybridized carbons (Fsp3) is 0.533. The molecular formula is C15H23BrN2O3S. The number of rotatable bonds is 5. The first-order valence-corrected chi connectivity index (χ1v) is 9.59. The molecule has 0 radical (unpaired) electrons. The molecule has 0 saturated carbocycles. The molecule has 124 valence electrons. The number of aryl methyl sites for hydroxylation is 1. The molecule has 1 amide bonds. The van der Waals surface area contributed by atoms with Crippen LogP contribution >= 0.6 is 15.9 Å². The third kappa shape index (κ3) is 5.96. The minimum atomic E-state index is -3.45. The number of hydrogen-bond donors (Lipinski definition) is 1. The Morgan fingerprint density at radius 3 is 2.36 bits per heavy atom. The Labute approximate surface area is 141 Å². The van der Waals surface area contributed by atoms with E-state index in [2.05, 4.69) is 21.2 Å². The molecule has 1 rings (SSSR count). The Hall–Kier alpha value is -1.08. The van der Waals surface area contributed by atoms with Crippen molar-refractivity contribution < 1.29 is 13.2 Å². The maximum absolute atomic E-state index is 12.0. The standard InChI is InChI=1S/C15H23BrN2O3S/c1-11-10-12(6-7-13(11)16)18(22(5,20)21)9-8-14(19)17-15(2,3)4/h6-7,10H,8-9H2,1-5H3,(H,17,19). The molecule has 0 heterocycles. The van der Waals surface area contributed by atoms with Gasteiger partial charge in [0.1, 0.15) is 0 Å². The summed E-state index contributed by atoms with van der Waals surface area (Å²) >= 11 is 3.39. The summed E-state index contributed by atoms with van der Waals surface area (Å²) in [5.41, 5.74) is 1.17. The van der Waals surface area contributed by atoms with Crippen LogP contribution in [-0.4, -0.2) is 32.7 Å². The summed E-state index contributed by atoms with van der Waals surface area (Å²) < 4.78 is 26.2. The Morgan fingerprint density at radius 1 is 1.32 bits per heavy atom. The first-order chi connectivity index (χ1) is 9.90. The van der Waals surface area contributed by atoms with E-state index in [4.69, 9.17) is 0 Å². The number of nitrogens with zero attached hydrogens (tertiary/aromatic N) is 1. The Balaban J connectivity index is 2.92. The van der Waals surface area contributed by atoms with Gasteiger partial charge in [-0.15, -0.1) is 0 Å². The van der Waals surface area contributed by atoms with Gasteiger partial charge in [-0.2, -0.15) is 0 Å². The number of anilines is 1. The van der Waals surface area contributed by atoms with Crippen molar-refractivity contribution in [2.45, 2.75) is 39.7 Å². The van der Waals surface area contributed by atoms with Crippen LogP contribution in [0.15, 0.2) is 22.7 Å². The SMILES string of the molecule is Cc1cc(N(CCC(=O)NC(C)(C)C)S(C)(=O)=O)ccc1Br. The van der Waals surface area contributed by atoms with Gasteiger partial charge in [-0.05, 0) is 51.5 Å². The van der Waals surface area contributed by atoms with Crippen LogP contribution in [-0.2, 0) is 14.8 Å². The molecule has 0 aromatic heterocycles. The number of sulfonamides is 1. The van der Waals surface area contributed by atoms with Gasteiger partial charge in [0.2, 0.25) is 15.9 Å². The predicted molar refractivity (Wildman–Crippen MR) is 93.6 cm³/mol. The van der Waals surface area contributed by atoms with Crippen molar-refractivity contribution in [3.63, 3.8) is 0 Å². The Bertz CT molecular complexity index is 651. The minimum Gasteiger partial charge on any atom is -0.351 e. The molecule has 1 N–H and O–H groups in total. The van der Waals surface area contributed by atoms with Gasteiger partial charge in [0, 0.05) is 23.0 Å². The molecule has 22 heavy (non-hydrogen) atoms. The molecule has 0 atom stereocenters. The predicted octanol–water partition coefficient (Wildman–Crippen LogP) is 2.83. The molecular weight excluding hydrogens is 368 g/mol. The second kappa shape index (κ2) is 7.00. The molecule has 5 nitrogen and oxygen atoms in total. The second-order valence-electron chi connectivity index (χ2n) is 6.32. The lowest BCUT2D eigenvalue weighted by Crippen LogP contribution is -2.42. The van der Waals surface area contributed by atoms with Gasteiger partial charge < -0.3 is 5.32 Å². The number of hydrogen-bond acceptors (Lipinski definition) is 3. The van der Waals surface area contributed by atoms with Crippen molar-refractivity contribution >= 4 is 37.5 Å². The highest BCUT2D eigenvalue weighted by Gasteiger charge is 2.20. The first-order valence-electron chi connectivity index (χ1n) is 6.95. The first kappa shape index (κ1) is 19.0. The summed E-state index contributed by atoms with van der Waals surface area (Å²) in [6.07, 6.45) is 1.26. The maximum atomic E-state index is 12.0. The maximum Gasteiger partial charge on any atom is 0.232 e. The molecule has 0 bridgehead atoms. The van der Waals surface area contributed by atoms with Crippen molar-refractivity contribution in [1.29, 1.82) is 0 Å². The third-order valence-electron chi connectivity index (χ3n) is 2.89. The van der Waals surface area contributed by atoms with E-state index in [1.165, 1.54) is 4.31 Å². The molecule has 0 aliphatic heterocycles. The van der Waals surface area contributed by atoms with Crippen molar-refractivity contribution in [3.05, 3.63) is 28.2 Å². The number of amides is 1. The minimum absolute atomic E-state index is 0.111. The van der Waals surface area contributed by atoms with Crippen molar-refractivity contribution in [3.8, 4) is 0 Å². The van der Waals surface area contributed by atoms with E-state index in [9.17, 15) is 13.2 Å².